The van der Waals surface area contributed by atoms with Crippen LogP contribution in [0.15, 0.2) is 12.1 Å². The Morgan fingerprint density at radius 3 is 2.25 bits per heavy atom. The Hall–Kier alpha value is -1.02. The summed E-state index contributed by atoms with van der Waals surface area (Å²) < 4.78 is 5.99. The van der Waals surface area contributed by atoms with Crippen molar-refractivity contribution in [3.63, 3.8) is 0 Å². The van der Waals surface area contributed by atoms with Crippen LogP contribution in [0.25, 0.3) is 0 Å². The molecule has 1 rings (SSSR count). The van der Waals surface area contributed by atoms with Gasteiger partial charge in [-0.15, -0.1) is 0 Å². The van der Waals surface area contributed by atoms with E-state index in [1.165, 1.54) is 16.7 Å². The Labute approximate surface area is 99.0 Å². The van der Waals surface area contributed by atoms with Crippen LogP contribution in [0.5, 0.6) is 5.75 Å². The molecule has 1 unspecified atom stereocenters. The number of ether oxygens (including phenoxy) is 1. The summed E-state index contributed by atoms with van der Waals surface area (Å²) in [5, 5.41) is 3.14. The Morgan fingerprint density at radius 2 is 1.75 bits per heavy atom. The number of hydrogen-bond donors (Lipinski definition) is 1. The second-order valence-corrected chi connectivity index (χ2v) is 4.55. The van der Waals surface area contributed by atoms with E-state index >= 15 is 0 Å². The number of hydrogen-bond acceptors (Lipinski definition) is 2. The fraction of sp³-hybridized carbons (Fsp3) is 0.571. The zero-order chi connectivity index (χ0) is 12.1. The summed E-state index contributed by atoms with van der Waals surface area (Å²) in [7, 11) is 1.97. The molecule has 1 atom stereocenters. The van der Waals surface area contributed by atoms with Crippen LogP contribution < -0.4 is 10.1 Å². The third-order valence-corrected chi connectivity index (χ3v) is 2.72. The maximum absolute atomic E-state index is 5.99. The molecule has 0 saturated heterocycles. The van der Waals surface area contributed by atoms with Gasteiger partial charge in [-0.1, -0.05) is 17.7 Å². The first-order valence-electron chi connectivity index (χ1n) is 5.93. The SMILES string of the molecule is CNCCC(C)Oc1c(C)cc(C)cc1C. The summed E-state index contributed by atoms with van der Waals surface area (Å²) in [5.41, 5.74) is 3.76. The molecule has 0 spiro atoms. The lowest BCUT2D eigenvalue weighted by Crippen LogP contribution is -2.20. The van der Waals surface area contributed by atoms with Crippen molar-refractivity contribution in [2.24, 2.45) is 0 Å². The molecule has 0 saturated carbocycles. The molecule has 16 heavy (non-hydrogen) atoms. The van der Waals surface area contributed by atoms with E-state index in [4.69, 9.17) is 4.74 Å². The summed E-state index contributed by atoms with van der Waals surface area (Å²) in [6, 6.07) is 4.35. The summed E-state index contributed by atoms with van der Waals surface area (Å²) in [4.78, 5) is 0. The van der Waals surface area contributed by atoms with Crippen LogP contribution in [0.3, 0.4) is 0 Å². The summed E-state index contributed by atoms with van der Waals surface area (Å²) >= 11 is 0. The molecule has 0 aliphatic rings. The standard InChI is InChI=1S/C14H23NO/c1-10-8-11(2)14(12(3)9-10)16-13(4)6-7-15-5/h8-9,13,15H,6-7H2,1-5H3. The summed E-state index contributed by atoms with van der Waals surface area (Å²) in [6.07, 6.45) is 1.29. The van der Waals surface area contributed by atoms with Crippen LogP contribution in [0.4, 0.5) is 0 Å². The minimum absolute atomic E-state index is 0.257. The van der Waals surface area contributed by atoms with Gasteiger partial charge < -0.3 is 10.1 Å². The van der Waals surface area contributed by atoms with Gasteiger partial charge in [-0.05, 0) is 58.8 Å². The van der Waals surface area contributed by atoms with E-state index in [1.807, 2.05) is 7.05 Å². The average molecular weight is 221 g/mol. The Kier molecular flexibility index (Phi) is 4.81. The van der Waals surface area contributed by atoms with Crippen LogP contribution in [0.1, 0.15) is 30.0 Å². The highest BCUT2D eigenvalue weighted by Crippen LogP contribution is 2.25. The van der Waals surface area contributed by atoms with Crippen molar-refractivity contribution < 1.29 is 4.74 Å². The molecule has 0 fully saturated rings. The Bertz CT molecular complexity index is 324. The molecule has 1 aromatic rings. The van der Waals surface area contributed by atoms with Gasteiger partial charge in [0.1, 0.15) is 5.75 Å². The van der Waals surface area contributed by atoms with Gasteiger partial charge in [-0.3, -0.25) is 0 Å². The molecular weight excluding hydrogens is 198 g/mol. The molecule has 0 amide bonds. The van der Waals surface area contributed by atoms with Crippen LogP contribution >= 0.6 is 0 Å². The first-order chi connectivity index (χ1) is 7.54. The van der Waals surface area contributed by atoms with E-state index in [2.05, 4.69) is 45.1 Å². The molecule has 0 aromatic heterocycles. The zero-order valence-electron chi connectivity index (χ0n) is 11.1. The predicted octanol–water partition coefficient (Wildman–Crippen LogP) is 2.99. The fourth-order valence-electron chi connectivity index (χ4n) is 1.96. The molecule has 1 aromatic carbocycles. The molecule has 1 N–H and O–H groups in total. The van der Waals surface area contributed by atoms with Crippen molar-refractivity contribution in [1.82, 2.24) is 5.32 Å². The van der Waals surface area contributed by atoms with E-state index in [9.17, 15) is 0 Å². The third-order valence-electron chi connectivity index (χ3n) is 2.72. The number of rotatable bonds is 5. The van der Waals surface area contributed by atoms with E-state index < -0.39 is 0 Å². The first kappa shape index (κ1) is 13.0. The van der Waals surface area contributed by atoms with E-state index in [0.717, 1.165) is 18.7 Å². The van der Waals surface area contributed by atoms with E-state index in [-0.39, 0.29) is 6.10 Å². The molecule has 90 valence electrons. The number of aryl methyl sites for hydroxylation is 3. The van der Waals surface area contributed by atoms with Gasteiger partial charge in [-0.25, -0.2) is 0 Å². The predicted molar refractivity (Wildman–Crippen MR) is 69.3 cm³/mol. The van der Waals surface area contributed by atoms with Crippen molar-refractivity contribution in [2.45, 2.75) is 40.2 Å². The van der Waals surface area contributed by atoms with Gasteiger partial charge in [0.15, 0.2) is 0 Å². The van der Waals surface area contributed by atoms with E-state index in [0.29, 0.717) is 0 Å². The van der Waals surface area contributed by atoms with Crippen molar-refractivity contribution in [3.05, 3.63) is 28.8 Å². The Morgan fingerprint density at radius 1 is 1.19 bits per heavy atom. The largest absolute Gasteiger partial charge is 0.490 e. The minimum atomic E-state index is 0.257. The molecular formula is C14H23NO. The topological polar surface area (TPSA) is 21.3 Å². The van der Waals surface area contributed by atoms with Crippen LogP contribution in [0.2, 0.25) is 0 Å². The third kappa shape index (κ3) is 3.53. The second kappa shape index (κ2) is 5.90. The highest BCUT2D eigenvalue weighted by Gasteiger charge is 2.09. The van der Waals surface area contributed by atoms with Gasteiger partial charge in [-0.2, -0.15) is 0 Å². The normalized spacial score (nSPS) is 12.6. The summed E-state index contributed by atoms with van der Waals surface area (Å²) in [6.45, 7) is 9.45. The molecule has 0 heterocycles. The number of benzene rings is 1. The number of nitrogens with one attached hydrogen (secondary N) is 1. The maximum atomic E-state index is 5.99. The van der Waals surface area contributed by atoms with Crippen LogP contribution in [0, 0.1) is 20.8 Å². The second-order valence-electron chi connectivity index (χ2n) is 4.55. The molecule has 0 aliphatic heterocycles. The molecule has 0 radical (unpaired) electrons. The monoisotopic (exact) mass is 221 g/mol. The van der Waals surface area contributed by atoms with Gasteiger partial charge in [0, 0.05) is 0 Å². The lowest BCUT2D eigenvalue weighted by Gasteiger charge is -2.18. The van der Waals surface area contributed by atoms with Crippen molar-refractivity contribution in [2.75, 3.05) is 13.6 Å². The maximum Gasteiger partial charge on any atom is 0.125 e. The summed E-state index contributed by atoms with van der Waals surface area (Å²) in [5.74, 6) is 1.05. The van der Waals surface area contributed by atoms with Crippen LogP contribution in [-0.2, 0) is 0 Å². The fourth-order valence-corrected chi connectivity index (χ4v) is 1.96. The van der Waals surface area contributed by atoms with Gasteiger partial charge in [0.2, 0.25) is 0 Å². The molecule has 0 bridgehead atoms. The first-order valence-corrected chi connectivity index (χ1v) is 5.93. The Balaban J connectivity index is 2.73. The molecule has 2 nitrogen and oxygen atoms in total. The highest BCUT2D eigenvalue weighted by molar-refractivity contribution is 5.43. The minimum Gasteiger partial charge on any atom is -0.490 e. The smallest absolute Gasteiger partial charge is 0.125 e. The van der Waals surface area contributed by atoms with Crippen molar-refractivity contribution in [1.29, 1.82) is 0 Å². The van der Waals surface area contributed by atoms with Gasteiger partial charge in [0.05, 0.1) is 6.10 Å². The van der Waals surface area contributed by atoms with Gasteiger partial charge in [0.25, 0.3) is 0 Å². The molecule has 2 heteroatoms. The lowest BCUT2D eigenvalue weighted by molar-refractivity contribution is 0.208. The van der Waals surface area contributed by atoms with E-state index in [1.54, 1.807) is 0 Å². The van der Waals surface area contributed by atoms with Crippen molar-refractivity contribution >= 4 is 0 Å². The molecule has 0 aliphatic carbocycles. The van der Waals surface area contributed by atoms with Crippen molar-refractivity contribution in [3.8, 4) is 5.75 Å². The van der Waals surface area contributed by atoms with Gasteiger partial charge >= 0.3 is 0 Å². The zero-order valence-corrected chi connectivity index (χ0v) is 11.1. The average Bonchev–Trinajstić information content (AvgIpc) is 2.20. The van der Waals surface area contributed by atoms with Crippen LogP contribution in [-0.4, -0.2) is 19.7 Å². The highest BCUT2D eigenvalue weighted by atomic mass is 16.5. The quantitative estimate of drug-likeness (QED) is 0.825. The lowest BCUT2D eigenvalue weighted by atomic mass is 10.1.